The van der Waals surface area contributed by atoms with E-state index in [1.54, 1.807) is 18.2 Å². The van der Waals surface area contributed by atoms with Crippen LogP contribution >= 0.6 is 11.6 Å². The third-order valence-corrected chi connectivity index (χ3v) is 2.92. The predicted molar refractivity (Wildman–Crippen MR) is 59.7 cm³/mol. The molecule has 1 heterocycles. The number of ketones is 1. The number of halogens is 1. The van der Waals surface area contributed by atoms with Crippen molar-refractivity contribution in [2.75, 3.05) is 0 Å². The van der Waals surface area contributed by atoms with Crippen LogP contribution in [0.2, 0.25) is 5.02 Å². The zero-order valence-electron chi connectivity index (χ0n) is 8.63. The summed E-state index contributed by atoms with van der Waals surface area (Å²) in [7, 11) is 0. The Labute approximate surface area is 94.2 Å². The number of hydrogen-bond donors (Lipinski definition) is 0. The van der Waals surface area contributed by atoms with Crippen LogP contribution < -0.4 is 4.74 Å². The molecule has 2 rings (SSSR count). The van der Waals surface area contributed by atoms with Crippen LogP contribution in [0.5, 0.6) is 5.75 Å². The summed E-state index contributed by atoms with van der Waals surface area (Å²) in [5, 5.41) is 0.610. The van der Waals surface area contributed by atoms with Crippen LogP contribution in [0.15, 0.2) is 18.2 Å². The molecule has 1 aromatic rings. The Balaban J connectivity index is 2.40. The van der Waals surface area contributed by atoms with E-state index >= 15 is 0 Å². The number of hydrogen-bond acceptors (Lipinski definition) is 2. The topological polar surface area (TPSA) is 26.3 Å². The average molecular weight is 225 g/mol. The molecule has 0 radical (unpaired) electrons. The monoisotopic (exact) mass is 224 g/mol. The fourth-order valence-corrected chi connectivity index (χ4v) is 1.94. The number of fused-ring (bicyclic) bond motifs is 1. The first-order valence-electron chi connectivity index (χ1n) is 5.20. The Morgan fingerprint density at radius 2 is 2.33 bits per heavy atom. The van der Waals surface area contributed by atoms with E-state index in [0.717, 1.165) is 12.8 Å². The second-order valence-electron chi connectivity index (χ2n) is 3.75. The van der Waals surface area contributed by atoms with Gasteiger partial charge in [0, 0.05) is 11.4 Å². The summed E-state index contributed by atoms with van der Waals surface area (Å²) >= 11 is 5.88. The quantitative estimate of drug-likeness (QED) is 0.730. The smallest absolute Gasteiger partial charge is 0.166 e. The van der Waals surface area contributed by atoms with Crippen molar-refractivity contribution < 1.29 is 9.53 Å². The molecule has 15 heavy (non-hydrogen) atoms. The van der Waals surface area contributed by atoms with E-state index in [1.165, 1.54) is 0 Å². The normalized spacial score (nSPS) is 20.4. The summed E-state index contributed by atoms with van der Waals surface area (Å²) in [6, 6.07) is 5.20. The van der Waals surface area contributed by atoms with Gasteiger partial charge in [-0.25, -0.2) is 0 Å². The molecular formula is C12H13ClO2. The molecule has 80 valence electrons. The zero-order chi connectivity index (χ0) is 10.8. The summed E-state index contributed by atoms with van der Waals surface area (Å²) in [4.78, 5) is 11.8. The minimum Gasteiger partial charge on any atom is -0.490 e. The molecule has 0 amide bonds. The van der Waals surface area contributed by atoms with Crippen LogP contribution in [0.25, 0.3) is 0 Å². The lowest BCUT2D eigenvalue weighted by atomic mass is 10.1. The highest BCUT2D eigenvalue weighted by molar-refractivity contribution is 6.30. The van der Waals surface area contributed by atoms with Crippen LogP contribution in [0.3, 0.4) is 0 Å². The van der Waals surface area contributed by atoms with E-state index in [1.807, 2.05) is 0 Å². The molecule has 1 unspecified atom stereocenters. The minimum absolute atomic E-state index is 0.133. The number of ether oxygens (including phenoxy) is 1. The van der Waals surface area contributed by atoms with Crippen molar-refractivity contribution in [1.29, 1.82) is 0 Å². The highest BCUT2D eigenvalue weighted by Crippen LogP contribution is 2.30. The molecule has 1 aliphatic heterocycles. The number of carbonyl (C=O) groups is 1. The molecule has 0 N–H and O–H groups in total. The highest BCUT2D eigenvalue weighted by Gasteiger charge is 2.21. The Hall–Kier alpha value is -1.02. The summed E-state index contributed by atoms with van der Waals surface area (Å²) in [6.45, 7) is 2.06. The number of rotatable bonds is 1. The predicted octanol–water partition coefficient (Wildman–Crippen LogP) is 3.47. The summed E-state index contributed by atoms with van der Waals surface area (Å²) in [5.74, 6) is 0.787. The second kappa shape index (κ2) is 4.23. The summed E-state index contributed by atoms with van der Waals surface area (Å²) < 4.78 is 5.75. The molecular weight excluding hydrogens is 212 g/mol. The van der Waals surface area contributed by atoms with Crippen LogP contribution in [-0.4, -0.2) is 11.9 Å². The fraction of sp³-hybridized carbons (Fsp3) is 0.417. The van der Waals surface area contributed by atoms with E-state index in [4.69, 9.17) is 16.3 Å². The van der Waals surface area contributed by atoms with Gasteiger partial charge in [0.2, 0.25) is 0 Å². The highest BCUT2D eigenvalue weighted by atomic mass is 35.5. The van der Waals surface area contributed by atoms with Crippen LogP contribution in [0, 0.1) is 0 Å². The van der Waals surface area contributed by atoms with Gasteiger partial charge >= 0.3 is 0 Å². The second-order valence-corrected chi connectivity index (χ2v) is 4.19. The maximum atomic E-state index is 11.8. The van der Waals surface area contributed by atoms with Crippen LogP contribution in [0.1, 0.15) is 36.5 Å². The molecule has 0 bridgehead atoms. The van der Waals surface area contributed by atoms with Gasteiger partial charge < -0.3 is 4.74 Å². The Bertz CT molecular complexity index is 387. The standard InChI is InChI=1S/C12H13ClO2/c1-2-9-4-6-11(14)10-5-3-8(13)7-12(10)15-9/h3,5,7,9H,2,4,6H2,1H3. The van der Waals surface area contributed by atoms with E-state index < -0.39 is 0 Å². The van der Waals surface area contributed by atoms with Crippen LogP contribution in [-0.2, 0) is 0 Å². The Kier molecular flexibility index (Phi) is 2.96. The first-order chi connectivity index (χ1) is 7.20. The average Bonchev–Trinajstić information content (AvgIpc) is 2.38. The molecule has 1 aliphatic rings. The van der Waals surface area contributed by atoms with E-state index in [0.29, 0.717) is 22.8 Å². The molecule has 1 aromatic carbocycles. The van der Waals surface area contributed by atoms with Crippen molar-refractivity contribution in [2.24, 2.45) is 0 Å². The number of Topliss-reactive ketones (excluding diaryl/α,β-unsaturated/α-hetero) is 1. The van der Waals surface area contributed by atoms with Gasteiger partial charge in [0.25, 0.3) is 0 Å². The molecule has 0 aromatic heterocycles. The van der Waals surface area contributed by atoms with Gasteiger partial charge in [-0.1, -0.05) is 18.5 Å². The van der Waals surface area contributed by atoms with Gasteiger partial charge in [0.15, 0.2) is 5.78 Å². The molecule has 0 aliphatic carbocycles. The molecule has 0 fully saturated rings. The Morgan fingerprint density at radius 3 is 3.07 bits per heavy atom. The van der Waals surface area contributed by atoms with E-state index in [2.05, 4.69) is 6.92 Å². The van der Waals surface area contributed by atoms with Crippen molar-refractivity contribution in [2.45, 2.75) is 32.3 Å². The van der Waals surface area contributed by atoms with E-state index in [9.17, 15) is 4.79 Å². The molecule has 3 heteroatoms. The maximum Gasteiger partial charge on any atom is 0.166 e. The number of benzene rings is 1. The van der Waals surface area contributed by atoms with Gasteiger partial charge in [-0.05, 0) is 31.0 Å². The first-order valence-corrected chi connectivity index (χ1v) is 5.58. The lowest BCUT2D eigenvalue weighted by molar-refractivity contribution is 0.0976. The minimum atomic E-state index is 0.133. The van der Waals surface area contributed by atoms with E-state index in [-0.39, 0.29) is 11.9 Å². The lowest BCUT2D eigenvalue weighted by Gasteiger charge is -2.14. The van der Waals surface area contributed by atoms with Crippen molar-refractivity contribution in [1.82, 2.24) is 0 Å². The fourth-order valence-electron chi connectivity index (χ4n) is 1.78. The zero-order valence-corrected chi connectivity index (χ0v) is 9.38. The van der Waals surface area contributed by atoms with Crippen molar-refractivity contribution >= 4 is 17.4 Å². The SMILES string of the molecule is CCC1CCC(=O)c2ccc(Cl)cc2O1. The maximum absolute atomic E-state index is 11.8. The first kappa shape index (κ1) is 10.5. The van der Waals surface area contributed by atoms with Gasteiger partial charge in [0.1, 0.15) is 5.75 Å². The van der Waals surface area contributed by atoms with Crippen molar-refractivity contribution in [3.05, 3.63) is 28.8 Å². The molecule has 1 atom stereocenters. The van der Waals surface area contributed by atoms with Gasteiger partial charge in [0.05, 0.1) is 11.7 Å². The third-order valence-electron chi connectivity index (χ3n) is 2.69. The molecule has 0 saturated carbocycles. The van der Waals surface area contributed by atoms with Crippen LogP contribution in [0.4, 0.5) is 0 Å². The summed E-state index contributed by atoms with van der Waals surface area (Å²) in [6.07, 6.45) is 2.40. The van der Waals surface area contributed by atoms with Gasteiger partial charge in [-0.3, -0.25) is 4.79 Å². The Morgan fingerprint density at radius 1 is 1.53 bits per heavy atom. The molecule has 0 spiro atoms. The molecule has 0 saturated heterocycles. The van der Waals surface area contributed by atoms with Gasteiger partial charge in [-0.2, -0.15) is 0 Å². The lowest BCUT2D eigenvalue weighted by Crippen LogP contribution is -2.13. The van der Waals surface area contributed by atoms with Crippen molar-refractivity contribution in [3.8, 4) is 5.75 Å². The molecule has 2 nitrogen and oxygen atoms in total. The summed E-state index contributed by atoms with van der Waals surface area (Å²) in [5.41, 5.74) is 0.662. The number of carbonyl (C=O) groups excluding carboxylic acids is 1. The largest absolute Gasteiger partial charge is 0.490 e. The van der Waals surface area contributed by atoms with Crippen molar-refractivity contribution in [3.63, 3.8) is 0 Å². The third kappa shape index (κ3) is 2.15. The van der Waals surface area contributed by atoms with Gasteiger partial charge in [-0.15, -0.1) is 0 Å².